The number of piperazine rings is 1. The summed E-state index contributed by atoms with van der Waals surface area (Å²) in [5.74, 6) is 0.221. The van der Waals surface area contributed by atoms with E-state index < -0.39 is 0 Å². The number of hydrogen-bond acceptors (Lipinski definition) is 4. The van der Waals surface area contributed by atoms with E-state index in [2.05, 4.69) is 16.4 Å². The Bertz CT molecular complexity index is 324. The lowest BCUT2D eigenvalue weighted by molar-refractivity contribution is -0.136. The largest absolute Gasteiger partial charge is 0.378 e. The van der Waals surface area contributed by atoms with Gasteiger partial charge in [-0.15, -0.1) is 0 Å². The summed E-state index contributed by atoms with van der Waals surface area (Å²) in [7, 11) is 0. The second kappa shape index (κ2) is 7.24. The Morgan fingerprint density at radius 3 is 2.05 bits per heavy atom. The maximum absolute atomic E-state index is 12.1. The molecule has 0 unspecified atom stereocenters. The van der Waals surface area contributed by atoms with Gasteiger partial charge in [0.2, 0.25) is 5.91 Å². The van der Waals surface area contributed by atoms with Crippen molar-refractivity contribution in [2.24, 2.45) is 0 Å². The maximum Gasteiger partial charge on any atom is 0.236 e. The van der Waals surface area contributed by atoms with E-state index in [1.165, 1.54) is 0 Å². The molecule has 0 saturated carbocycles. The van der Waals surface area contributed by atoms with Crippen LogP contribution in [-0.2, 0) is 9.53 Å². The smallest absolute Gasteiger partial charge is 0.236 e. The Hall–Kier alpha value is -0.620. The van der Waals surface area contributed by atoms with Crippen molar-refractivity contribution in [2.45, 2.75) is 0 Å². The van der Waals surface area contributed by atoms with E-state index in [1.807, 2.05) is 4.90 Å². The third kappa shape index (κ3) is 4.76. The lowest BCUT2D eigenvalue weighted by Crippen LogP contribution is -2.51. The summed E-state index contributed by atoms with van der Waals surface area (Å²) in [4.78, 5) is 18.5. The zero-order valence-electron chi connectivity index (χ0n) is 11.3. The highest BCUT2D eigenvalue weighted by molar-refractivity contribution is 6.29. The monoisotopic (exact) mass is 287 g/mol. The molecule has 2 saturated heterocycles. The first-order chi connectivity index (χ1) is 9.15. The molecule has 1 amide bonds. The van der Waals surface area contributed by atoms with Crippen LogP contribution in [0.5, 0.6) is 0 Å². The van der Waals surface area contributed by atoms with Gasteiger partial charge in [0.15, 0.2) is 0 Å². The third-order valence-corrected chi connectivity index (χ3v) is 3.70. The molecule has 0 aromatic rings. The summed E-state index contributed by atoms with van der Waals surface area (Å²) in [6, 6.07) is 0. The van der Waals surface area contributed by atoms with Gasteiger partial charge in [-0.1, -0.05) is 18.2 Å². The second-order valence-electron chi connectivity index (χ2n) is 5.06. The number of rotatable bonds is 4. The van der Waals surface area contributed by atoms with E-state index in [0.717, 1.165) is 45.8 Å². The minimum absolute atomic E-state index is 0.221. The molecule has 2 aliphatic rings. The zero-order valence-corrected chi connectivity index (χ0v) is 12.1. The van der Waals surface area contributed by atoms with Crippen LogP contribution in [0.1, 0.15) is 0 Å². The summed E-state index contributed by atoms with van der Waals surface area (Å²) in [5.41, 5.74) is 0. The predicted molar refractivity (Wildman–Crippen MR) is 75.3 cm³/mol. The van der Waals surface area contributed by atoms with Crippen LogP contribution in [0.4, 0.5) is 0 Å². The van der Waals surface area contributed by atoms with Crippen molar-refractivity contribution in [3.05, 3.63) is 11.6 Å². The van der Waals surface area contributed by atoms with E-state index in [9.17, 15) is 4.79 Å². The average molecular weight is 288 g/mol. The molecular weight excluding hydrogens is 266 g/mol. The molecule has 19 heavy (non-hydrogen) atoms. The average Bonchev–Trinajstić information content (AvgIpc) is 2.41. The molecule has 2 fully saturated rings. The number of amides is 1. The van der Waals surface area contributed by atoms with E-state index in [1.54, 1.807) is 0 Å². The number of halogens is 1. The van der Waals surface area contributed by atoms with Gasteiger partial charge in [0.25, 0.3) is 0 Å². The van der Waals surface area contributed by atoms with Gasteiger partial charge in [0.1, 0.15) is 0 Å². The molecule has 0 bridgehead atoms. The number of hydrogen-bond donors (Lipinski definition) is 0. The van der Waals surface area contributed by atoms with Gasteiger partial charge in [0.05, 0.1) is 19.8 Å². The van der Waals surface area contributed by atoms with Crippen molar-refractivity contribution in [1.29, 1.82) is 0 Å². The Labute approximate surface area is 119 Å². The molecule has 2 heterocycles. The normalized spacial score (nSPS) is 22.5. The molecule has 0 atom stereocenters. The molecule has 0 aromatic heterocycles. The molecule has 0 spiro atoms. The molecule has 5 nitrogen and oxygen atoms in total. The number of ether oxygens (including phenoxy) is 1. The zero-order chi connectivity index (χ0) is 13.7. The molecule has 0 aromatic carbocycles. The Balaban J connectivity index is 1.69. The van der Waals surface area contributed by atoms with Gasteiger partial charge in [-0.05, 0) is 0 Å². The van der Waals surface area contributed by atoms with Crippen molar-refractivity contribution < 1.29 is 9.53 Å². The number of carbonyl (C=O) groups excluding carboxylic acids is 1. The van der Waals surface area contributed by atoms with Crippen LogP contribution < -0.4 is 0 Å². The first-order valence-corrected chi connectivity index (χ1v) is 7.16. The van der Waals surface area contributed by atoms with Crippen molar-refractivity contribution in [1.82, 2.24) is 14.7 Å². The molecule has 108 valence electrons. The SMILES string of the molecule is C=C(Cl)CN1CCN(CC(=O)N2CCOCC2)CC1. The molecule has 2 rings (SSSR count). The fourth-order valence-electron chi connectivity index (χ4n) is 2.45. The predicted octanol–water partition coefficient (Wildman–Crippen LogP) is 0.215. The van der Waals surface area contributed by atoms with Crippen molar-refractivity contribution in [3.8, 4) is 0 Å². The summed E-state index contributed by atoms with van der Waals surface area (Å²) in [5, 5.41) is 0.679. The van der Waals surface area contributed by atoms with E-state index in [0.29, 0.717) is 24.8 Å². The molecule has 0 N–H and O–H groups in total. The van der Waals surface area contributed by atoms with Gasteiger partial charge < -0.3 is 9.64 Å². The Morgan fingerprint density at radius 1 is 1.00 bits per heavy atom. The van der Waals surface area contributed by atoms with Gasteiger partial charge in [-0.25, -0.2) is 0 Å². The van der Waals surface area contributed by atoms with E-state index in [4.69, 9.17) is 16.3 Å². The standard InChI is InChI=1S/C13H22ClN3O2/c1-12(14)10-15-2-4-16(5-3-15)11-13(18)17-6-8-19-9-7-17/h1-11H2. The molecule has 6 heteroatoms. The fraction of sp³-hybridized carbons (Fsp3) is 0.769. The first-order valence-electron chi connectivity index (χ1n) is 6.78. The van der Waals surface area contributed by atoms with Gasteiger partial charge in [-0.3, -0.25) is 14.6 Å². The van der Waals surface area contributed by atoms with Crippen LogP contribution in [0.3, 0.4) is 0 Å². The van der Waals surface area contributed by atoms with E-state index in [-0.39, 0.29) is 5.91 Å². The first kappa shape index (κ1) is 14.8. The van der Waals surface area contributed by atoms with Gasteiger partial charge >= 0.3 is 0 Å². The minimum atomic E-state index is 0.221. The van der Waals surface area contributed by atoms with Crippen molar-refractivity contribution in [2.75, 3.05) is 65.6 Å². The quantitative estimate of drug-likeness (QED) is 0.741. The van der Waals surface area contributed by atoms with Crippen molar-refractivity contribution >= 4 is 17.5 Å². The van der Waals surface area contributed by atoms with Crippen LogP contribution >= 0.6 is 11.6 Å². The summed E-state index contributed by atoms with van der Waals surface area (Å²) in [6.07, 6.45) is 0. The second-order valence-corrected chi connectivity index (χ2v) is 5.60. The Morgan fingerprint density at radius 2 is 1.53 bits per heavy atom. The molecular formula is C13H22ClN3O2. The molecule has 0 radical (unpaired) electrons. The molecule has 2 aliphatic heterocycles. The van der Waals surface area contributed by atoms with Crippen LogP contribution in [0.2, 0.25) is 0 Å². The minimum Gasteiger partial charge on any atom is -0.378 e. The summed E-state index contributed by atoms with van der Waals surface area (Å²) in [6.45, 7) is 11.5. The van der Waals surface area contributed by atoms with Crippen molar-refractivity contribution in [3.63, 3.8) is 0 Å². The topological polar surface area (TPSA) is 36.0 Å². The highest BCUT2D eigenvalue weighted by Crippen LogP contribution is 2.07. The maximum atomic E-state index is 12.1. The van der Waals surface area contributed by atoms with Gasteiger partial charge in [-0.2, -0.15) is 0 Å². The molecule has 0 aliphatic carbocycles. The van der Waals surface area contributed by atoms with E-state index >= 15 is 0 Å². The highest BCUT2D eigenvalue weighted by Gasteiger charge is 2.22. The number of morpholine rings is 1. The highest BCUT2D eigenvalue weighted by atomic mass is 35.5. The number of nitrogens with zero attached hydrogens (tertiary/aromatic N) is 3. The third-order valence-electron chi connectivity index (χ3n) is 3.58. The van der Waals surface area contributed by atoms with Crippen LogP contribution in [0, 0.1) is 0 Å². The number of carbonyl (C=O) groups is 1. The summed E-state index contributed by atoms with van der Waals surface area (Å²) >= 11 is 5.81. The summed E-state index contributed by atoms with van der Waals surface area (Å²) < 4.78 is 5.26. The fourth-order valence-corrected chi connectivity index (χ4v) is 2.62. The lowest BCUT2D eigenvalue weighted by atomic mass is 10.3. The lowest BCUT2D eigenvalue weighted by Gasteiger charge is -2.35. The van der Waals surface area contributed by atoms with Crippen LogP contribution in [0.15, 0.2) is 11.6 Å². The van der Waals surface area contributed by atoms with Crippen LogP contribution in [0.25, 0.3) is 0 Å². The van der Waals surface area contributed by atoms with Crippen LogP contribution in [-0.4, -0.2) is 86.2 Å². The van der Waals surface area contributed by atoms with Gasteiger partial charge in [0, 0.05) is 50.8 Å². The Kier molecular flexibility index (Phi) is 5.63.